The van der Waals surface area contributed by atoms with Gasteiger partial charge in [0.1, 0.15) is 4.83 Å². The van der Waals surface area contributed by atoms with Gasteiger partial charge in [0, 0.05) is 25.5 Å². The van der Waals surface area contributed by atoms with E-state index in [1.807, 2.05) is 36.7 Å². The molecule has 0 bridgehead atoms. The Balaban J connectivity index is 1.87. The monoisotopic (exact) mass is 305 g/mol. The van der Waals surface area contributed by atoms with Crippen molar-refractivity contribution in [1.82, 2.24) is 14.7 Å². The third kappa shape index (κ3) is 2.48. The van der Waals surface area contributed by atoms with Gasteiger partial charge in [-0.15, -0.1) is 11.3 Å². The third-order valence-corrected chi connectivity index (χ3v) is 5.98. The molecule has 1 aliphatic carbocycles. The molecule has 1 fully saturated rings. The summed E-state index contributed by atoms with van der Waals surface area (Å²) < 4.78 is 1.87. The maximum atomic E-state index is 12.8. The van der Waals surface area contributed by atoms with Crippen molar-refractivity contribution in [3.05, 3.63) is 16.6 Å². The molecule has 2 atom stereocenters. The summed E-state index contributed by atoms with van der Waals surface area (Å²) in [7, 11) is 3.90. The maximum absolute atomic E-state index is 12.8. The maximum Gasteiger partial charge on any atom is 0.264 e. The summed E-state index contributed by atoms with van der Waals surface area (Å²) in [6, 6.07) is 2.39. The molecule has 2 heterocycles. The fraction of sp³-hybridized carbons (Fsp3) is 0.625. The lowest BCUT2D eigenvalue weighted by Gasteiger charge is -2.36. The molecule has 21 heavy (non-hydrogen) atoms. The van der Waals surface area contributed by atoms with Crippen molar-refractivity contribution in [2.75, 3.05) is 7.05 Å². The number of hydrogen-bond acceptors (Lipinski definition) is 3. The second-order valence-corrected chi connectivity index (χ2v) is 7.31. The molecule has 114 valence electrons. The van der Waals surface area contributed by atoms with Crippen LogP contribution in [0.2, 0.25) is 0 Å². The van der Waals surface area contributed by atoms with E-state index in [1.54, 1.807) is 11.3 Å². The van der Waals surface area contributed by atoms with Crippen LogP contribution < -0.4 is 0 Å². The van der Waals surface area contributed by atoms with Crippen molar-refractivity contribution in [2.45, 2.75) is 45.6 Å². The summed E-state index contributed by atoms with van der Waals surface area (Å²) in [4.78, 5) is 16.7. The summed E-state index contributed by atoms with van der Waals surface area (Å²) in [6.45, 7) is 4.27. The number of amides is 1. The molecule has 1 aliphatic rings. The first kappa shape index (κ1) is 14.6. The number of aryl methyl sites for hydroxylation is 2. The summed E-state index contributed by atoms with van der Waals surface area (Å²) >= 11 is 1.56. The van der Waals surface area contributed by atoms with Crippen molar-refractivity contribution in [2.24, 2.45) is 13.0 Å². The van der Waals surface area contributed by atoms with Crippen LogP contribution in [0, 0.1) is 12.8 Å². The third-order valence-electron chi connectivity index (χ3n) is 4.79. The van der Waals surface area contributed by atoms with Gasteiger partial charge < -0.3 is 4.90 Å². The molecule has 0 spiro atoms. The van der Waals surface area contributed by atoms with Crippen LogP contribution in [-0.2, 0) is 7.05 Å². The number of nitrogens with zero attached hydrogens (tertiary/aromatic N) is 3. The van der Waals surface area contributed by atoms with Gasteiger partial charge in [0.05, 0.1) is 10.6 Å². The predicted molar refractivity (Wildman–Crippen MR) is 86.8 cm³/mol. The van der Waals surface area contributed by atoms with Gasteiger partial charge >= 0.3 is 0 Å². The highest BCUT2D eigenvalue weighted by atomic mass is 32.1. The molecular weight excluding hydrogens is 282 g/mol. The zero-order chi connectivity index (χ0) is 15.1. The van der Waals surface area contributed by atoms with Crippen molar-refractivity contribution in [3.63, 3.8) is 0 Å². The number of aromatic nitrogens is 2. The molecule has 0 aromatic carbocycles. The molecule has 0 radical (unpaired) electrons. The van der Waals surface area contributed by atoms with Crippen LogP contribution >= 0.6 is 11.3 Å². The molecular formula is C16H23N3OS. The second kappa shape index (κ2) is 5.44. The van der Waals surface area contributed by atoms with Crippen LogP contribution in [0.4, 0.5) is 0 Å². The minimum absolute atomic E-state index is 0.161. The van der Waals surface area contributed by atoms with Crippen LogP contribution in [0.25, 0.3) is 10.2 Å². The fourth-order valence-corrected chi connectivity index (χ4v) is 4.61. The van der Waals surface area contributed by atoms with Crippen molar-refractivity contribution in [1.29, 1.82) is 0 Å². The van der Waals surface area contributed by atoms with E-state index in [1.165, 1.54) is 19.3 Å². The molecule has 5 heteroatoms. The Morgan fingerprint density at radius 1 is 1.43 bits per heavy atom. The van der Waals surface area contributed by atoms with Crippen LogP contribution in [0.5, 0.6) is 0 Å². The summed E-state index contributed by atoms with van der Waals surface area (Å²) in [5.41, 5.74) is 0.997. The van der Waals surface area contributed by atoms with Crippen molar-refractivity contribution in [3.8, 4) is 0 Å². The smallest absolute Gasteiger partial charge is 0.264 e. The van der Waals surface area contributed by atoms with Crippen LogP contribution in [0.3, 0.4) is 0 Å². The molecule has 3 rings (SSSR count). The van der Waals surface area contributed by atoms with Crippen LogP contribution in [0.1, 0.15) is 48.0 Å². The SMILES string of the molecule is Cc1nn(C)c2sc(C(=O)N(C)C3CCCCC3C)cc12. The number of fused-ring (bicyclic) bond motifs is 1. The molecule has 0 N–H and O–H groups in total. The Labute approximate surface area is 129 Å². The highest BCUT2D eigenvalue weighted by molar-refractivity contribution is 7.20. The van der Waals surface area contributed by atoms with Crippen LogP contribution in [0.15, 0.2) is 6.07 Å². The number of carbonyl (C=O) groups is 1. The lowest BCUT2D eigenvalue weighted by Crippen LogP contribution is -2.42. The molecule has 2 unspecified atom stereocenters. The highest BCUT2D eigenvalue weighted by Gasteiger charge is 2.29. The molecule has 1 amide bonds. The summed E-state index contributed by atoms with van der Waals surface area (Å²) in [5, 5.41) is 5.51. The van der Waals surface area contributed by atoms with E-state index in [9.17, 15) is 4.79 Å². The Bertz CT molecular complexity index is 638. The van der Waals surface area contributed by atoms with Gasteiger partial charge in [-0.1, -0.05) is 19.8 Å². The minimum atomic E-state index is 0.161. The average Bonchev–Trinajstić information content (AvgIpc) is 3.00. The van der Waals surface area contributed by atoms with Gasteiger partial charge in [-0.05, 0) is 31.7 Å². The average molecular weight is 305 g/mol. The van der Waals surface area contributed by atoms with Gasteiger partial charge in [0.15, 0.2) is 0 Å². The highest BCUT2D eigenvalue weighted by Crippen LogP contribution is 2.32. The Morgan fingerprint density at radius 2 is 2.14 bits per heavy atom. The normalized spacial score (nSPS) is 22.7. The first-order valence-electron chi connectivity index (χ1n) is 7.69. The largest absolute Gasteiger partial charge is 0.338 e. The zero-order valence-corrected chi connectivity index (χ0v) is 14.0. The van der Waals surface area contributed by atoms with Gasteiger partial charge in [0.25, 0.3) is 5.91 Å². The molecule has 1 saturated carbocycles. The fourth-order valence-electron chi connectivity index (χ4n) is 3.51. The van der Waals surface area contributed by atoms with E-state index in [4.69, 9.17) is 0 Å². The Morgan fingerprint density at radius 3 is 2.81 bits per heavy atom. The van der Waals surface area contributed by atoms with Crippen LogP contribution in [-0.4, -0.2) is 33.7 Å². The number of carbonyl (C=O) groups excluding carboxylic acids is 1. The van der Waals surface area contributed by atoms with Crippen molar-refractivity contribution >= 4 is 27.5 Å². The molecule has 0 saturated heterocycles. The summed E-state index contributed by atoms with van der Waals surface area (Å²) in [6.07, 6.45) is 4.90. The number of thiophene rings is 1. The topological polar surface area (TPSA) is 38.1 Å². The molecule has 4 nitrogen and oxygen atoms in total. The van der Waals surface area contributed by atoms with Gasteiger partial charge in [0.2, 0.25) is 0 Å². The van der Waals surface area contributed by atoms with Crippen molar-refractivity contribution < 1.29 is 4.79 Å². The van der Waals surface area contributed by atoms with Gasteiger partial charge in [-0.2, -0.15) is 5.10 Å². The zero-order valence-electron chi connectivity index (χ0n) is 13.2. The first-order valence-corrected chi connectivity index (χ1v) is 8.51. The minimum Gasteiger partial charge on any atom is -0.338 e. The van der Waals surface area contributed by atoms with E-state index < -0.39 is 0 Å². The number of hydrogen-bond donors (Lipinski definition) is 0. The molecule has 0 aliphatic heterocycles. The first-order chi connectivity index (χ1) is 9.99. The number of rotatable bonds is 2. The van der Waals surface area contributed by atoms with E-state index in [0.717, 1.165) is 27.2 Å². The summed E-state index contributed by atoms with van der Waals surface area (Å²) in [5.74, 6) is 0.764. The quantitative estimate of drug-likeness (QED) is 0.850. The second-order valence-electron chi connectivity index (χ2n) is 6.28. The Hall–Kier alpha value is -1.36. The molecule has 2 aromatic rings. The van der Waals surface area contributed by atoms with Gasteiger partial charge in [-0.25, -0.2) is 0 Å². The lowest BCUT2D eigenvalue weighted by atomic mass is 9.85. The van der Waals surface area contributed by atoms with E-state index in [2.05, 4.69) is 12.0 Å². The Kier molecular flexibility index (Phi) is 3.78. The van der Waals surface area contributed by atoms with E-state index in [-0.39, 0.29) is 5.91 Å². The lowest BCUT2D eigenvalue weighted by molar-refractivity contribution is 0.0634. The van der Waals surface area contributed by atoms with E-state index >= 15 is 0 Å². The predicted octanol–water partition coefficient (Wildman–Crippen LogP) is 3.59. The molecule has 2 aromatic heterocycles. The van der Waals surface area contributed by atoms with E-state index in [0.29, 0.717) is 12.0 Å². The standard InChI is InChI=1S/C16H23N3OS/c1-10-7-5-6-8-13(10)18(3)15(20)14-9-12-11(2)17-19(4)16(12)21-14/h9-10,13H,5-8H2,1-4H3. The van der Waals surface area contributed by atoms with Gasteiger partial charge in [-0.3, -0.25) is 9.48 Å².